The van der Waals surface area contributed by atoms with E-state index < -0.39 is 5.41 Å². The third-order valence-corrected chi connectivity index (χ3v) is 2.78. The van der Waals surface area contributed by atoms with Crippen LogP contribution in [0.5, 0.6) is 0 Å². The molecule has 0 radical (unpaired) electrons. The molecule has 0 atom stereocenters. The molecule has 6 nitrogen and oxygen atoms in total. The zero-order chi connectivity index (χ0) is 12.3. The molecular formula is C11H16N2O4. The molecule has 17 heavy (non-hydrogen) atoms. The van der Waals surface area contributed by atoms with Gasteiger partial charge in [-0.05, 0) is 19.3 Å². The Morgan fingerprint density at radius 2 is 2.29 bits per heavy atom. The number of nitrogens with zero attached hydrogens (tertiary/aromatic N) is 2. The fraction of sp³-hybridized carbons (Fsp3) is 0.727. The highest BCUT2D eigenvalue weighted by Crippen LogP contribution is 2.48. The maximum Gasteiger partial charge on any atom is 0.321 e. The van der Waals surface area contributed by atoms with Crippen LogP contribution in [0.1, 0.15) is 37.9 Å². The van der Waals surface area contributed by atoms with Gasteiger partial charge in [-0.1, -0.05) is 12.1 Å². The molecule has 0 aliphatic heterocycles. The fourth-order valence-corrected chi connectivity index (χ4v) is 1.64. The Bertz CT molecular complexity index is 398. The number of aromatic nitrogens is 2. The molecular weight excluding hydrogens is 224 g/mol. The van der Waals surface area contributed by atoms with Gasteiger partial charge in [-0.25, -0.2) is 0 Å². The van der Waals surface area contributed by atoms with E-state index in [1.165, 1.54) is 7.11 Å². The number of esters is 1. The lowest BCUT2D eigenvalue weighted by atomic mass is 10.1. The molecule has 1 aromatic rings. The number of carbonyl (C=O) groups excluding carboxylic acids is 1. The minimum atomic E-state index is -0.690. The molecule has 94 valence electrons. The third-order valence-electron chi connectivity index (χ3n) is 2.78. The third kappa shape index (κ3) is 2.31. The molecule has 1 aliphatic rings. The summed E-state index contributed by atoms with van der Waals surface area (Å²) in [4.78, 5) is 15.8. The summed E-state index contributed by atoms with van der Waals surface area (Å²) in [6.45, 7) is 3.00. The zero-order valence-corrected chi connectivity index (χ0v) is 10.1. The van der Waals surface area contributed by atoms with Crippen LogP contribution in [0.15, 0.2) is 4.52 Å². The Morgan fingerprint density at radius 3 is 2.88 bits per heavy atom. The lowest BCUT2D eigenvalue weighted by molar-refractivity contribution is -0.144. The minimum Gasteiger partial charge on any atom is -0.468 e. The van der Waals surface area contributed by atoms with Gasteiger partial charge in [0.2, 0.25) is 5.89 Å². The molecule has 0 aromatic carbocycles. The van der Waals surface area contributed by atoms with Gasteiger partial charge < -0.3 is 14.0 Å². The van der Waals surface area contributed by atoms with Gasteiger partial charge in [0.25, 0.3) is 0 Å². The van der Waals surface area contributed by atoms with Crippen molar-refractivity contribution in [3.05, 3.63) is 11.7 Å². The van der Waals surface area contributed by atoms with E-state index >= 15 is 0 Å². The standard InChI is InChI=1S/C11H16N2O4/c1-3-6-16-7-8-12-9(17-13-8)11(4-5-11)10(14)15-2/h3-7H2,1-2H3. The van der Waals surface area contributed by atoms with E-state index in [4.69, 9.17) is 14.0 Å². The molecule has 1 aliphatic carbocycles. The first-order valence-corrected chi connectivity index (χ1v) is 5.72. The first kappa shape index (κ1) is 12.0. The molecule has 1 aromatic heterocycles. The first-order valence-electron chi connectivity index (χ1n) is 5.72. The van der Waals surface area contributed by atoms with Gasteiger partial charge in [-0.3, -0.25) is 4.79 Å². The van der Waals surface area contributed by atoms with E-state index in [2.05, 4.69) is 10.1 Å². The fourth-order valence-electron chi connectivity index (χ4n) is 1.64. The van der Waals surface area contributed by atoms with Crippen LogP contribution in [0.3, 0.4) is 0 Å². The normalized spacial score (nSPS) is 16.8. The number of hydrogen-bond donors (Lipinski definition) is 0. The van der Waals surface area contributed by atoms with Crippen LogP contribution >= 0.6 is 0 Å². The highest BCUT2D eigenvalue weighted by Gasteiger charge is 2.57. The van der Waals surface area contributed by atoms with Gasteiger partial charge >= 0.3 is 5.97 Å². The summed E-state index contributed by atoms with van der Waals surface area (Å²) in [6, 6.07) is 0. The Kier molecular flexibility index (Phi) is 3.42. The van der Waals surface area contributed by atoms with Crippen molar-refractivity contribution in [2.75, 3.05) is 13.7 Å². The number of rotatable bonds is 6. The lowest BCUT2D eigenvalue weighted by Crippen LogP contribution is -2.22. The molecule has 0 amide bonds. The molecule has 1 saturated carbocycles. The zero-order valence-electron chi connectivity index (χ0n) is 10.1. The van der Waals surface area contributed by atoms with Crippen molar-refractivity contribution in [1.82, 2.24) is 10.1 Å². The second-order valence-corrected chi connectivity index (χ2v) is 4.14. The van der Waals surface area contributed by atoms with Crippen molar-refractivity contribution in [3.63, 3.8) is 0 Å². The van der Waals surface area contributed by atoms with Crippen molar-refractivity contribution in [3.8, 4) is 0 Å². The quantitative estimate of drug-likeness (QED) is 0.549. The first-order chi connectivity index (χ1) is 8.23. The SMILES string of the molecule is CCCOCc1noc(C2(C(=O)OC)CC2)n1. The largest absolute Gasteiger partial charge is 0.468 e. The Morgan fingerprint density at radius 1 is 1.53 bits per heavy atom. The smallest absolute Gasteiger partial charge is 0.321 e. The molecule has 1 heterocycles. The summed E-state index contributed by atoms with van der Waals surface area (Å²) in [5, 5.41) is 3.79. The second kappa shape index (κ2) is 4.83. The van der Waals surface area contributed by atoms with E-state index in [1.54, 1.807) is 0 Å². The Hall–Kier alpha value is -1.43. The predicted molar refractivity (Wildman–Crippen MR) is 57.2 cm³/mol. The van der Waals surface area contributed by atoms with Crippen LogP contribution < -0.4 is 0 Å². The highest BCUT2D eigenvalue weighted by molar-refractivity contribution is 5.85. The van der Waals surface area contributed by atoms with E-state index in [0.29, 0.717) is 37.8 Å². The van der Waals surface area contributed by atoms with Crippen LogP contribution in [0.25, 0.3) is 0 Å². The maximum atomic E-state index is 11.6. The lowest BCUT2D eigenvalue weighted by Gasteiger charge is -2.05. The summed E-state index contributed by atoms with van der Waals surface area (Å²) in [7, 11) is 1.37. The topological polar surface area (TPSA) is 74.5 Å². The number of ether oxygens (including phenoxy) is 2. The molecule has 0 saturated heterocycles. The van der Waals surface area contributed by atoms with E-state index in [9.17, 15) is 4.79 Å². The molecule has 2 rings (SSSR count). The minimum absolute atomic E-state index is 0.304. The van der Waals surface area contributed by atoms with E-state index in [1.807, 2.05) is 6.92 Å². The summed E-state index contributed by atoms with van der Waals surface area (Å²) in [6.07, 6.45) is 2.35. The van der Waals surface area contributed by atoms with Crippen LogP contribution in [-0.4, -0.2) is 29.8 Å². The van der Waals surface area contributed by atoms with Crippen LogP contribution in [-0.2, 0) is 26.3 Å². The molecule has 0 spiro atoms. The summed E-state index contributed by atoms with van der Waals surface area (Å²) in [5.74, 6) is 0.519. The Balaban J connectivity index is 2.01. The average Bonchev–Trinajstić information content (AvgIpc) is 3.03. The van der Waals surface area contributed by atoms with Crippen LogP contribution in [0.2, 0.25) is 0 Å². The summed E-state index contributed by atoms with van der Waals surface area (Å²) >= 11 is 0. The average molecular weight is 240 g/mol. The van der Waals surface area contributed by atoms with Gasteiger partial charge in [0, 0.05) is 6.61 Å². The van der Waals surface area contributed by atoms with Crippen molar-refractivity contribution in [2.45, 2.75) is 38.2 Å². The molecule has 0 unspecified atom stereocenters. The van der Waals surface area contributed by atoms with Gasteiger partial charge in [-0.2, -0.15) is 4.98 Å². The summed E-state index contributed by atoms with van der Waals surface area (Å²) < 4.78 is 15.1. The maximum absolute atomic E-state index is 11.6. The predicted octanol–water partition coefficient (Wildman–Crippen LogP) is 1.20. The molecule has 0 bridgehead atoms. The van der Waals surface area contributed by atoms with Crippen LogP contribution in [0, 0.1) is 0 Å². The number of carbonyl (C=O) groups is 1. The number of hydrogen-bond acceptors (Lipinski definition) is 6. The van der Waals surface area contributed by atoms with Gasteiger partial charge in [-0.15, -0.1) is 0 Å². The molecule has 1 fully saturated rings. The Labute approximate surface area is 99.3 Å². The highest BCUT2D eigenvalue weighted by atomic mass is 16.5. The van der Waals surface area contributed by atoms with Crippen molar-refractivity contribution in [2.24, 2.45) is 0 Å². The van der Waals surface area contributed by atoms with Crippen molar-refractivity contribution >= 4 is 5.97 Å². The van der Waals surface area contributed by atoms with E-state index in [-0.39, 0.29) is 5.97 Å². The number of methoxy groups -OCH3 is 1. The summed E-state index contributed by atoms with van der Waals surface area (Å²) in [5.41, 5.74) is -0.690. The van der Waals surface area contributed by atoms with E-state index in [0.717, 1.165) is 6.42 Å². The van der Waals surface area contributed by atoms with Gasteiger partial charge in [0.1, 0.15) is 12.0 Å². The monoisotopic (exact) mass is 240 g/mol. The second-order valence-electron chi connectivity index (χ2n) is 4.14. The van der Waals surface area contributed by atoms with Gasteiger partial charge in [0.15, 0.2) is 5.82 Å². The van der Waals surface area contributed by atoms with Crippen LogP contribution in [0.4, 0.5) is 0 Å². The van der Waals surface area contributed by atoms with Gasteiger partial charge in [0.05, 0.1) is 7.11 Å². The molecule has 0 N–H and O–H groups in total. The molecule has 6 heteroatoms. The van der Waals surface area contributed by atoms with Crippen molar-refractivity contribution < 1.29 is 18.8 Å². The van der Waals surface area contributed by atoms with Crippen molar-refractivity contribution in [1.29, 1.82) is 0 Å².